The summed E-state index contributed by atoms with van der Waals surface area (Å²) in [5, 5.41) is 4.28. The van der Waals surface area contributed by atoms with Gasteiger partial charge in [-0.3, -0.25) is 4.40 Å². The van der Waals surface area contributed by atoms with E-state index in [1.165, 1.54) is 4.68 Å². The normalized spacial score (nSPS) is 13.0. The van der Waals surface area contributed by atoms with Crippen LogP contribution in [0.2, 0.25) is 0 Å². The van der Waals surface area contributed by atoms with Crippen molar-refractivity contribution in [2.45, 2.75) is 13.5 Å². The van der Waals surface area contributed by atoms with E-state index in [1.807, 2.05) is 30.0 Å². The summed E-state index contributed by atoms with van der Waals surface area (Å²) in [6.45, 7) is 3.48. The van der Waals surface area contributed by atoms with Gasteiger partial charge in [0.05, 0.1) is 6.54 Å². The van der Waals surface area contributed by atoms with Gasteiger partial charge in [0.25, 0.3) is 0 Å². The largest absolute Gasteiger partial charge is 0.350 e. The molecule has 2 N–H and O–H groups in total. The van der Waals surface area contributed by atoms with Crippen molar-refractivity contribution >= 4 is 17.4 Å². The number of pyridine rings is 1. The first-order valence-corrected chi connectivity index (χ1v) is 7.20. The molecule has 5 nitrogen and oxygen atoms in total. The molecule has 6 heteroatoms. The van der Waals surface area contributed by atoms with Gasteiger partial charge in [0, 0.05) is 11.9 Å². The first-order valence-electron chi connectivity index (χ1n) is 6.04. The SMILES string of the molecule is CC(CN)CSCCn1nc2ccccn2c1=O. The molecule has 0 aliphatic heterocycles. The molecule has 2 heterocycles. The van der Waals surface area contributed by atoms with Crippen molar-refractivity contribution in [1.82, 2.24) is 14.2 Å². The molecular weight excluding hydrogens is 248 g/mol. The monoisotopic (exact) mass is 266 g/mol. The minimum absolute atomic E-state index is 0.0712. The molecule has 0 saturated carbocycles. The lowest BCUT2D eigenvalue weighted by atomic mass is 10.2. The summed E-state index contributed by atoms with van der Waals surface area (Å²) in [5.41, 5.74) is 6.18. The number of fused-ring (bicyclic) bond motifs is 1. The van der Waals surface area contributed by atoms with E-state index in [9.17, 15) is 4.79 Å². The van der Waals surface area contributed by atoms with Crippen LogP contribution in [0.3, 0.4) is 0 Å². The minimum atomic E-state index is -0.0712. The Hall–Kier alpha value is -1.27. The minimum Gasteiger partial charge on any atom is -0.330 e. The molecule has 0 aliphatic carbocycles. The molecule has 2 rings (SSSR count). The fourth-order valence-electron chi connectivity index (χ4n) is 1.62. The maximum Gasteiger partial charge on any atom is 0.350 e. The lowest BCUT2D eigenvalue weighted by Gasteiger charge is -2.06. The van der Waals surface area contributed by atoms with Crippen LogP contribution < -0.4 is 11.4 Å². The van der Waals surface area contributed by atoms with Crippen LogP contribution in [0.1, 0.15) is 6.92 Å². The number of nitrogens with zero attached hydrogens (tertiary/aromatic N) is 3. The molecule has 0 fully saturated rings. The van der Waals surface area contributed by atoms with Crippen molar-refractivity contribution in [1.29, 1.82) is 0 Å². The topological polar surface area (TPSA) is 65.3 Å². The summed E-state index contributed by atoms with van der Waals surface area (Å²) in [6.07, 6.45) is 1.74. The Labute approximate surface area is 110 Å². The van der Waals surface area contributed by atoms with Crippen molar-refractivity contribution in [3.63, 3.8) is 0 Å². The van der Waals surface area contributed by atoms with Gasteiger partial charge in [0.15, 0.2) is 5.65 Å². The molecule has 0 amide bonds. The fraction of sp³-hybridized carbons (Fsp3) is 0.500. The molecule has 0 radical (unpaired) electrons. The molecule has 1 unspecified atom stereocenters. The molecule has 2 aromatic rings. The second kappa shape index (κ2) is 6.06. The molecule has 18 heavy (non-hydrogen) atoms. The number of aromatic nitrogens is 3. The highest BCUT2D eigenvalue weighted by molar-refractivity contribution is 7.99. The van der Waals surface area contributed by atoms with Crippen LogP contribution in [0.5, 0.6) is 0 Å². The maximum absolute atomic E-state index is 11.9. The summed E-state index contributed by atoms with van der Waals surface area (Å²) in [6, 6.07) is 5.55. The van der Waals surface area contributed by atoms with E-state index in [1.54, 1.807) is 10.6 Å². The lowest BCUT2D eigenvalue weighted by molar-refractivity contribution is 0.636. The summed E-state index contributed by atoms with van der Waals surface area (Å²) in [4.78, 5) is 11.9. The first-order chi connectivity index (χ1) is 8.72. The second-order valence-corrected chi connectivity index (χ2v) is 5.50. The Balaban J connectivity index is 1.96. The smallest absolute Gasteiger partial charge is 0.330 e. The van der Waals surface area contributed by atoms with E-state index in [-0.39, 0.29) is 5.69 Å². The standard InChI is InChI=1S/C12H18N4OS/c1-10(8-13)9-18-7-6-16-12(17)15-5-3-2-4-11(15)14-16/h2-5,10H,6-9,13H2,1H3. The molecular formula is C12H18N4OS. The van der Waals surface area contributed by atoms with E-state index < -0.39 is 0 Å². The fourth-order valence-corrected chi connectivity index (χ4v) is 2.62. The third-order valence-electron chi connectivity index (χ3n) is 2.74. The molecule has 0 aliphatic rings. The van der Waals surface area contributed by atoms with Gasteiger partial charge in [-0.1, -0.05) is 13.0 Å². The summed E-state index contributed by atoms with van der Waals surface area (Å²) < 4.78 is 3.09. The Morgan fingerprint density at radius 1 is 1.50 bits per heavy atom. The molecule has 0 saturated heterocycles. The second-order valence-electron chi connectivity index (χ2n) is 4.35. The van der Waals surface area contributed by atoms with E-state index in [0.717, 1.165) is 11.5 Å². The van der Waals surface area contributed by atoms with Gasteiger partial charge < -0.3 is 5.73 Å². The highest BCUT2D eigenvalue weighted by Gasteiger charge is 2.05. The Morgan fingerprint density at radius 3 is 3.06 bits per heavy atom. The van der Waals surface area contributed by atoms with Crippen LogP contribution in [-0.4, -0.2) is 32.2 Å². The van der Waals surface area contributed by atoms with Gasteiger partial charge in [0.2, 0.25) is 0 Å². The van der Waals surface area contributed by atoms with Crippen LogP contribution in [0.15, 0.2) is 29.2 Å². The summed E-state index contributed by atoms with van der Waals surface area (Å²) >= 11 is 1.81. The number of rotatable bonds is 6. The summed E-state index contributed by atoms with van der Waals surface area (Å²) in [5.74, 6) is 2.43. The van der Waals surface area contributed by atoms with Gasteiger partial charge in [-0.25, -0.2) is 9.48 Å². The zero-order valence-electron chi connectivity index (χ0n) is 10.5. The Bertz CT molecular complexity index is 562. The molecule has 0 spiro atoms. The van der Waals surface area contributed by atoms with Gasteiger partial charge in [-0.15, -0.1) is 5.10 Å². The third kappa shape index (κ3) is 2.94. The zero-order chi connectivity index (χ0) is 13.0. The zero-order valence-corrected chi connectivity index (χ0v) is 11.3. The number of hydrogen-bond acceptors (Lipinski definition) is 4. The van der Waals surface area contributed by atoms with Crippen LogP contribution in [-0.2, 0) is 6.54 Å². The van der Waals surface area contributed by atoms with Crippen LogP contribution >= 0.6 is 11.8 Å². The van der Waals surface area contributed by atoms with Crippen molar-refractivity contribution in [2.75, 3.05) is 18.1 Å². The first kappa shape index (κ1) is 13.2. The molecule has 1 atom stereocenters. The van der Waals surface area contributed by atoms with Crippen molar-refractivity contribution in [3.05, 3.63) is 34.9 Å². The van der Waals surface area contributed by atoms with Crippen LogP contribution in [0, 0.1) is 5.92 Å². The predicted molar refractivity (Wildman–Crippen MR) is 75.0 cm³/mol. The van der Waals surface area contributed by atoms with Gasteiger partial charge in [0.1, 0.15) is 0 Å². The molecule has 0 bridgehead atoms. The highest BCUT2D eigenvalue weighted by atomic mass is 32.2. The van der Waals surface area contributed by atoms with E-state index in [2.05, 4.69) is 12.0 Å². The van der Waals surface area contributed by atoms with Crippen molar-refractivity contribution in [2.24, 2.45) is 11.7 Å². The van der Waals surface area contributed by atoms with Gasteiger partial charge >= 0.3 is 5.69 Å². The number of hydrogen-bond donors (Lipinski definition) is 1. The third-order valence-corrected chi connectivity index (χ3v) is 4.02. The van der Waals surface area contributed by atoms with E-state index in [4.69, 9.17) is 5.73 Å². The van der Waals surface area contributed by atoms with Crippen molar-refractivity contribution < 1.29 is 0 Å². The van der Waals surface area contributed by atoms with Crippen molar-refractivity contribution in [3.8, 4) is 0 Å². The Kier molecular flexibility index (Phi) is 4.43. The van der Waals surface area contributed by atoms with Crippen LogP contribution in [0.4, 0.5) is 0 Å². The number of nitrogens with two attached hydrogens (primary N) is 1. The molecule has 0 aromatic carbocycles. The van der Waals surface area contributed by atoms with Gasteiger partial charge in [-0.05, 0) is 30.3 Å². The van der Waals surface area contributed by atoms with Gasteiger partial charge in [-0.2, -0.15) is 11.8 Å². The molecule has 98 valence electrons. The average Bonchev–Trinajstić information content (AvgIpc) is 2.72. The quantitative estimate of drug-likeness (QED) is 0.786. The highest BCUT2D eigenvalue weighted by Crippen LogP contribution is 2.07. The Morgan fingerprint density at radius 2 is 2.33 bits per heavy atom. The lowest BCUT2D eigenvalue weighted by Crippen LogP contribution is -2.22. The summed E-state index contributed by atoms with van der Waals surface area (Å²) in [7, 11) is 0. The van der Waals surface area contributed by atoms with E-state index >= 15 is 0 Å². The van der Waals surface area contributed by atoms with Crippen LogP contribution in [0.25, 0.3) is 5.65 Å². The maximum atomic E-state index is 11.9. The number of thioether (sulfide) groups is 1. The number of aryl methyl sites for hydroxylation is 1. The molecule has 2 aromatic heterocycles. The predicted octanol–water partition coefficient (Wildman–Crippen LogP) is 0.824. The average molecular weight is 266 g/mol. The van der Waals surface area contributed by atoms with E-state index in [0.29, 0.717) is 24.7 Å².